The Morgan fingerprint density at radius 2 is 0.719 bits per heavy atom. The molecule has 0 aliphatic heterocycles. The maximum Gasteiger partial charge on any atom is 0.306 e. The summed E-state index contributed by atoms with van der Waals surface area (Å²) in [6, 6.07) is 0. The van der Waals surface area contributed by atoms with E-state index in [9.17, 15) is 14.4 Å². The van der Waals surface area contributed by atoms with Crippen molar-refractivity contribution in [3.63, 3.8) is 0 Å². The molecule has 0 aromatic rings. The van der Waals surface area contributed by atoms with E-state index in [4.69, 9.17) is 14.2 Å². The average Bonchev–Trinajstić information content (AvgIpc) is 3.16. The number of carbonyl (C=O) groups is 3. The van der Waals surface area contributed by atoms with Crippen LogP contribution in [-0.4, -0.2) is 69.4 Å². The van der Waals surface area contributed by atoms with Gasteiger partial charge >= 0.3 is 17.9 Å². The van der Waals surface area contributed by atoms with Crippen LogP contribution in [0, 0.1) is 11.8 Å². The fourth-order valence-corrected chi connectivity index (χ4v) is 7.97. The fourth-order valence-electron chi connectivity index (χ4n) is 7.97. The lowest BCUT2D eigenvalue weighted by Crippen LogP contribution is -2.35. The number of nitrogens with zero attached hydrogens (tertiary/aromatic N) is 1. The summed E-state index contributed by atoms with van der Waals surface area (Å²) in [5.74, 6) is 1.24. The number of hydrogen-bond donors (Lipinski definition) is 0. The second-order valence-corrected chi connectivity index (χ2v) is 18.6. The van der Waals surface area contributed by atoms with Crippen LogP contribution in [0.5, 0.6) is 0 Å². The third kappa shape index (κ3) is 39.6. The van der Waals surface area contributed by atoms with Crippen LogP contribution in [0.15, 0.2) is 0 Å². The van der Waals surface area contributed by atoms with Gasteiger partial charge in [0.25, 0.3) is 0 Å². The first-order valence-corrected chi connectivity index (χ1v) is 24.9. The molecule has 0 rings (SSSR count). The van der Waals surface area contributed by atoms with Gasteiger partial charge in [-0.1, -0.05) is 169 Å². The molecule has 0 spiro atoms. The predicted octanol–water partition coefficient (Wildman–Crippen LogP) is 14.3. The van der Waals surface area contributed by atoms with Gasteiger partial charge < -0.3 is 18.7 Å². The van der Waals surface area contributed by atoms with Gasteiger partial charge in [0.2, 0.25) is 0 Å². The van der Waals surface area contributed by atoms with E-state index in [2.05, 4.69) is 48.8 Å². The first-order valence-electron chi connectivity index (χ1n) is 24.9. The first kappa shape index (κ1) is 55.4. The summed E-state index contributed by atoms with van der Waals surface area (Å²) >= 11 is 0. The minimum atomic E-state index is -0.0630. The molecule has 0 unspecified atom stereocenters. The van der Waals surface area contributed by atoms with Crippen LogP contribution in [0.25, 0.3) is 0 Å². The van der Waals surface area contributed by atoms with Gasteiger partial charge in [0, 0.05) is 19.3 Å². The summed E-state index contributed by atoms with van der Waals surface area (Å²) in [6.45, 7) is 11.1. The molecule has 0 radical (unpaired) electrons. The van der Waals surface area contributed by atoms with E-state index in [0.717, 1.165) is 107 Å². The van der Waals surface area contributed by atoms with E-state index < -0.39 is 0 Å². The summed E-state index contributed by atoms with van der Waals surface area (Å²) in [5.41, 5.74) is 0. The van der Waals surface area contributed by atoms with Gasteiger partial charge in [-0.2, -0.15) is 0 Å². The summed E-state index contributed by atoms with van der Waals surface area (Å²) in [4.78, 5) is 37.6. The molecule has 7 nitrogen and oxygen atoms in total. The van der Waals surface area contributed by atoms with Gasteiger partial charge in [0.1, 0.15) is 6.10 Å². The van der Waals surface area contributed by atoms with Crippen LogP contribution in [0.3, 0.4) is 0 Å². The topological polar surface area (TPSA) is 78.9 Å². The lowest BCUT2D eigenvalue weighted by atomic mass is 9.92. The summed E-state index contributed by atoms with van der Waals surface area (Å²) in [5, 5.41) is 0. The minimum Gasteiger partial charge on any atom is -0.466 e. The molecule has 0 saturated heterocycles. The van der Waals surface area contributed by atoms with Crippen molar-refractivity contribution in [2.24, 2.45) is 11.8 Å². The van der Waals surface area contributed by atoms with Crippen LogP contribution >= 0.6 is 0 Å². The smallest absolute Gasteiger partial charge is 0.306 e. The summed E-state index contributed by atoms with van der Waals surface area (Å²) in [7, 11) is 6.46. The van der Waals surface area contributed by atoms with E-state index >= 15 is 0 Å². The molecule has 7 heteroatoms. The molecule has 0 aromatic heterocycles. The molecule has 0 aliphatic rings. The third-order valence-corrected chi connectivity index (χ3v) is 11.8. The van der Waals surface area contributed by atoms with Crippen LogP contribution in [0.1, 0.15) is 246 Å². The molecule has 0 saturated carbocycles. The number of quaternary nitrogens is 1. The largest absolute Gasteiger partial charge is 0.466 e. The third-order valence-electron chi connectivity index (χ3n) is 11.8. The highest BCUT2D eigenvalue weighted by Crippen LogP contribution is 2.23. The van der Waals surface area contributed by atoms with Crippen LogP contribution in [0.2, 0.25) is 0 Å². The van der Waals surface area contributed by atoms with Crippen molar-refractivity contribution in [2.45, 2.75) is 252 Å². The zero-order valence-corrected chi connectivity index (χ0v) is 39.3. The van der Waals surface area contributed by atoms with Crippen molar-refractivity contribution >= 4 is 17.9 Å². The Kier molecular flexibility index (Phi) is 38.7. The maximum atomic E-state index is 12.8. The van der Waals surface area contributed by atoms with Crippen molar-refractivity contribution in [1.29, 1.82) is 0 Å². The van der Waals surface area contributed by atoms with Gasteiger partial charge in [-0.15, -0.1) is 0 Å². The van der Waals surface area contributed by atoms with Gasteiger partial charge in [0.05, 0.1) is 47.3 Å². The van der Waals surface area contributed by atoms with Gasteiger partial charge in [-0.3, -0.25) is 14.4 Å². The SMILES string of the molecule is CCCCCC(CCCCC)CCOC(=O)CCCCCCCC(CCCCCCCC(=O)OCCC(CCCCC)CCCCC)OC(=O)CCC[N+](C)(C)C. The Balaban J connectivity index is 4.41. The number of rotatable bonds is 43. The second-order valence-electron chi connectivity index (χ2n) is 18.6. The Bertz CT molecular complexity index is 841. The van der Waals surface area contributed by atoms with Gasteiger partial charge in [0.15, 0.2) is 0 Å². The van der Waals surface area contributed by atoms with Crippen molar-refractivity contribution in [3.05, 3.63) is 0 Å². The Hall–Kier alpha value is -1.63. The average molecular weight is 809 g/mol. The summed E-state index contributed by atoms with van der Waals surface area (Å²) < 4.78 is 18.2. The molecule has 0 aromatic carbocycles. The molecule has 0 amide bonds. The van der Waals surface area contributed by atoms with Crippen molar-refractivity contribution in [1.82, 2.24) is 0 Å². The highest BCUT2D eigenvalue weighted by molar-refractivity contribution is 5.70. The monoisotopic (exact) mass is 809 g/mol. The lowest BCUT2D eigenvalue weighted by Gasteiger charge is -2.24. The zero-order chi connectivity index (χ0) is 42.2. The van der Waals surface area contributed by atoms with E-state index in [1.807, 2.05) is 0 Å². The molecule has 0 heterocycles. The molecule has 0 aliphatic carbocycles. The minimum absolute atomic E-state index is 0.0212. The molecule has 0 atom stereocenters. The number of carbonyl (C=O) groups excluding carboxylic acids is 3. The van der Waals surface area contributed by atoms with Crippen molar-refractivity contribution in [2.75, 3.05) is 40.9 Å². The van der Waals surface area contributed by atoms with E-state index in [-0.39, 0.29) is 24.0 Å². The number of ether oxygens (including phenoxy) is 3. The molecular formula is C50H98NO6+. The van der Waals surface area contributed by atoms with Crippen LogP contribution < -0.4 is 0 Å². The molecule has 0 N–H and O–H groups in total. The molecule has 0 bridgehead atoms. The Morgan fingerprint density at radius 3 is 1.09 bits per heavy atom. The van der Waals surface area contributed by atoms with E-state index in [1.54, 1.807) is 0 Å². The maximum absolute atomic E-state index is 12.8. The van der Waals surface area contributed by atoms with Crippen LogP contribution in [0.4, 0.5) is 0 Å². The Labute approximate surface area is 354 Å². The number of esters is 3. The fraction of sp³-hybridized carbons (Fsp3) is 0.940. The Morgan fingerprint density at radius 1 is 0.386 bits per heavy atom. The summed E-state index contributed by atoms with van der Waals surface area (Å²) in [6.07, 6.45) is 36.9. The predicted molar refractivity (Wildman–Crippen MR) is 241 cm³/mol. The highest BCUT2D eigenvalue weighted by atomic mass is 16.5. The molecule has 57 heavy (non-hydrogen) atoms. The quantitative estimate of drug-likeness (QED) is 0.0264. The molecule has 338 valence electrons. The van der Waals surface area contributed by atoms with Gasteiger partial charge in [-0.05, 0) is 63.2 Å². The van der Waals surface area contributed by atoms with E-state index in [0.29, 0.717) is 44.3 Å². The van der Waals surface area contributed by atoms with Crippen molar-refractivity contribution in [3.8, 4) is 0 Å². The molecular weight excluding hydrogens is 711 g/mol. The second kappa shape index (κ2) is 39.8. The standard InChI is InChI=1S/C50H98NO6/c1-8-12-22-31-45(32-23-13-9-2)40-43-55-48(52)37-28-20-16-18-26-35-47(57-50(54)39-30-42-51(5,6)7)36-27-19-17-21-29-38-49(53)56-44-41-46(33-24-14-10-3)34-25-15-11-4/h45-47H,8-44H2,1-7H3/q+1. The van der Waals surface area contributed by atoms with Crippen LogP contribution in [-0.2, 0) is 28.6 Å². The lowest BCUT2D eigenvalue weighted by molar-refractivity contribution is -0.870. The van der Waals surface area contributed by atoms with Crippen molar-refractivity contribution < 1.29 is 33.1 Å². The number of hydrogen-bond acceptors (Lipinski definition) is 6. The zero-order valence-electron chi connectivity index (χ0n) is 39.3. The number of unbranched alkanes of at least 4 members (excludes halogenated alkanes) is 16. The van der Waals surface area contributed by atoms with E-state index in [1.165, 1.54) is 103 Å². The normalized spacial score (nSPS) is 11.9. The first-order chi connectivity index (χ1) is 27.5. The molecule has 0 fully saturated rings. The highest BCUT2D eigenvalue weighted by Gasteiger charge is 2.17. The van der Waals surface area contributed by atoms with Gasteiger partial charge in [-0.25, -0.2) is 0 Å².